The molecule has 0 aromatic heterocycles. The van der Waals surface area contributed by atoms with Crippen LogP contribution in [0.2, 0.25) is 0 Å². The number of methoxy groups -OCH3 is 1. The third-order valence-corrected chi connectivity index (χ3v) is 3.27. The molecule has 0 amide bonds. The Morgan fingerprint density at radius 3 is 2.52 bits per heavy atom. The minimum atomic E-state index is -1.12. The van der Waals surface area contributed by atoms with Gasteiger partial charge in [0.15, 0.2) is 0 Å². The van der Waals surface area contributed by atoms with Crippen molar-refractivity contribution in [3.05, 3.63) is 42.0 Å². The molecule has 0 atom stereocenters. The zero-order valence-corrected chi connectivity index (χ0v) is 12.3. The lowest BCUT2D eigenvalue weighted by molar-refractivity contribution is -0.152. The molecule has 0 aliphatic carbocycles. The molecule has 2 aromatic rings. The van der Waals surface area contributed by atoms with Crippen LogP contribution in [0.5, 0.6) is 5.75 Å². The fraction of sp³-hybridized carbons (Fsp3) is 0.294. The number of ether oxygens (including phenoxy) is 2. The van der Waals surface area contributed by atoms with E-state index in [4.69, 9.17) is 14.7 Å². The minimum absolute atomic E-state index is 0.159. The summed E-state index contributed by atoms with van der Waals surface area (Å²) in [5.41, 5.74) is -0.237. The van der Waals surface area contributed by atoms with E-state index in [1.165, 1.54) is 0 Å². The smallest absolute Gasteiger partial charge is 0.326 e. The van der Waals surface area contributed by atoms with Gasteiger partial charge in [0.05, 0.1) is 13.2 Å². The molecule has 0 unspecified atom stereocenters. The summed E-state index contributed by atoms with van der Waals surface area (Å²) in [4.78, 5) is 11.8. The van der Waals surface area contributed by atoms with Gasteiger partial charge in [-0.15, -0.1) is 0 Å². The van der Waals surface area contributed by atoms with Crippen molar-refractivity contribution < 1.29 is 14.3 Å². The summed E-state index contributed by atoms with van der Waals surface area (Å²) in [5.74, 6) is 0.289. The number of carbonyl (C=O) groups excluding carboxylic acids is 1. The number of carbonyl (C=O) groups is 1. The van der Waals surface area contributed by atoms with Crippen LogP contribution >= 0.6 is 0 Å². The fourth-order valence-corrected chi connectivity index (χ4v) is 1.86. The highest BCUT2D eigenvalue weighted by atomic mass is 16.5. The summed E-state index contributed by atoms with van der Waals surface area (Å²) in [6, 6.07) is 13.5. The molecule has 0 bridgehead atoms. The van der Waals surface area contributed by atoms with Crippen LogP contribution in [0.1, 0.15) is 19.4 Å². The summed E-state index contributed by atoms with van der Waals surface area (Å²) < 4.78 is 10.4. The largest absolute Gasteiger partial charge is 0.497 e. The van der Waals surface area contributed by atoms with E-state index in [1.54, 1.807) is 21.0 Å². The second-order valence-electron chi connectivity index (χ2n) is 5.36. The van der Waals surface area contributed by atoms with Crippen molar-refractivity contribution in [2.45, 2.75) is 20.5 Å². The van der Waals surface area contributed by atoms with Gasteiger partial charge in [0.1, 0.15) is 17.8 Å². The molecule has 108 valence electrons. The molecule has 0 saturated carbocycles. The molecule has 4 nitrogen and oxygen atoms in total. The van der Waals surface area contributed by atoms with Gasteiger partial charge >= 0.3 is 5.97 Å². The molecule has 2 aromatic carbocycles. The highest BCUT2D eigenvalue weighted by Crippen LogP contribution is 2.23. The molecule has 2 rings (SSSR count). The van der Waals surface area contributed by atoms with Gasteiger partial charge in [-0.1, -0.05) is 18.2 Å². The fourth-order valence-electron chi connectivity index (χ4n) is 1.86. The van der Waals surface area contributed by atoms with Gasteiger partial charge < -0.3 is 9.47 Å². The number of fused-ring (bicyclic) bond motifs is 1. The van der Waals surface area contributed by atoms with E-state index in [-0.39, 0.29) is 6.61 Å². The van der Waals surface area contributed by atoms with Gasteiger partial charge in [0, 0.05) is 0 Å². The van der Waals surface area contributed by atoms with Crippen LogP contribution in [0.4, 0.5) is 0 Å². The Morgan fingerprint density at radius 2 is 1.86 bits per heavy atom. The van der Waals surface area contributed by atoms with Crippen molar-refractivity contribution in [2.24, 2.45) is 5.41 Å². The molecular formula is C17H17NO3. The second-order valence-corrected chi connectivity index (χ2v) is 5.36. The summed E-state index contributed by atoms with van der Waals surface area (Å²) in [7, 11) is 1.63. The molecule has 0 radical (unpaired) electrons. The Balaban J connectivity index is 2.14. The van der Waals surface area contributed by atoms with Gasteiger partial charge in [0.2, 0.25) is 0 Å². The van der Waals surface area contributed by atoms with E-state index in [1.807, 2.05) is 42.5 Å². The van der Waals surface area contributed by atoms with E-state index >= 15 is 0 Å². The van der Waals surface area contributed by atoms with Crippen molar-refractivity contribution in [3.8, 4) is 11.8 Å². The Kier molecular flexibility index (Phi) is 4.13. The maximum atomic E-state index is 11.8. The number of esters is 1. The number of nitriles is 1. The SMILES string of the molecule is COc1ccc2cc(COC(=O)C(C)(C)C#N)ccc2c1. The summed E-state index contributed by atoms with van der Waals surface area (Å²) in [5, 5.41) is 11.0. The van der Waals surface area contributed by atoms with Crippen molar-refractivity contribution in [2.75, 3.05) is 7.11 Å². The topological polar surface area (TPSA) is 59.3 Å². The number of benzene rings is 2. The zero-order chi connectivity index (χ0) is 15.5. The van der Waals surface area contributed by atoms with Crippen LogP contribution in [0.3, 0.4) is 0 Å². The molecule has 0 aliphatic rings. The first kappa shape index (κ1) is 14.9. The van der Waals surface area contributed by atoms with Crippen molar-refractivity contribution in [3.63, 3.8) is 0 Å². The molecule has 4 heteroatoms. The van der Waals surface area contributed by atoms with Gasteiger partial charge in [-0.3, -0.25) is 4.79 Å². The first-order valence-corrected chi connectivity index (χ1v) is 6.61. The first-order valence-electron chi connectivity index (χ1n) is 6.61. The summed E-state index contributed by atoms with van der Waals surface area (Å²) >= 11 is 0. The second kappa shape index (κ2) is 5.84. The van der Waals surface area contributed by atoms with Gasteiger partial charge in [-0.05, 0) is 48.4 Å². The van der Waals surface area contributed by atoms with E-state index < -0.39 is 11.4 Å². The van der Waals surface area contributed by atoms with E-state index in [2.05, 4.69) is 0 Å². The molecule has 0 aliphatic heterocycles. The predicted octanol–water partition coefficient (Wildman–Crippen LogP) is 3.44. The Hall–Kier alpha value is -2.54. The normalized spacial score (nSPS) is 11.0. The predicted molar refractivity (Wildman–Crippen MR) is 79.7 cm³/mol. The lowest BCUT2D eigenvalue weighted by Gasteiger charge is -2.14. The van der Waals surface area contributed by atoms with Gasteiger partial charge in [0.25, 0.3) is 0 Å². The monoisotopic (exact) mass is 283 g/mol. The van der Waals surface area contributed by atoms with Crippen LogP contribution in [0.15, 0.2) is 36.4 Å². The van der Waals surface area contributed by atoms with Crippen molar-refractivity contribution in [1.29, 1.82) is 5.26 Å². The molecular weight excluding hydrogens is 266 g/mol. The molecule has 0 spiro atoms. The van der Waals surface area contributed by atoms with Crippen molar-refractivity contribution >= 4 is 16.7 Å². The van der Waals surface area contributed by atoms with Crippen LogP contribution < -0.4 is 4.74 Å². The average Bonchev–Trinajstić information content (AvgIpc) is 2.51. The lowest BCUT2D eigenvalue weighted by Crippen LogP contribution is -2.24. The Bertz CT molecular complexity index is 714. The highest BCUT2D eigenvalue weighted by Gasteiger charge is 2.29. The van der Waals surface area contributed by atoms with Crippen LogP contribution in [-0.4, -0.2) is 13.1 Å². The number of hydrogen-bond donors (Lipinski definition) is 0. The summed E-state index contributed by atoms with van der Waals surface area (Å²) in [6.07, 6.45) is 0. The maximum Gasteiger partial charge on any atom is 0.326 e. The quantitative estimate of drug-likeness (QED) is 0.806. The van der Waals surface area contributed by atoms with Gasteiger partial charge in [-0.25, -0.2) is 0 Å². The average molecular weight is 283 g/mol. The first-order chi connectivity index (χ1) is 9.96. The molecule has 0 fully saturated rings. The van der Waals surface area contributed by atoms with Gasteiger partial charge in [-0.2, -0.15) is 5.26 Å². The van der Waals surface area contributed by atoms with E-state index in [0.717, 1.165) is 22.1 Å². The lowest BCUT2D eigenvalue weighted by atomic mass is 9.96. The van der Waals surface area contributed by atoms with E-state index in [0.29, 0.717) is 0 Å². The van der Waals surface area contributed by atoms with E-state index in [9.17, 15) is 4.79 Å². The van der Waals surface area contributed by atoms with Crippen LogP contribution in [-0.2, 0) is 16.1 Å². The maximum absolute atomic E-state index is 11.8. The summed E-state index contributed by atoms with van der Waals surface area (Å²) in [6.45, 7) is 3.25. The standard InChI is InChI=1S/C17H17NO3/c1-17(2,11-18)16(19)21-10-12-4-5-14-9-15(20-3)7-6-13(14)8-12/h4-9H,10H2,1-3H3. The minimum Gasteiger partial charge on any atom is -0.497 e. The zero-order valence-electron chi connectivity index (χ0n) is 12.3. The third-order valence-electron chi connectivity index (χ3n) is 3.27. The number of rotatable bonds is 4. The third kappa shape index (κ3) is 3.32. The number of hydrogen-bond acceptors (Lipinski definition) is 4. The molecule has 0 heterocycles. The van der Waals surface area contributed by atoms with Crippen LogP contribution in [0.25, 0.3) is 10.8 Å². The number of nitrogens with zero attached hydrogens (tertiary/aromatic N) is 1. The molecule has 0 saturated heterocycles. The van der Waals surface area contributed by atoms with Crippen molar-refractivity contribution in [1.82, 2.24) is 0 Å². The van der Waals surface area contributed by atoms with Crippen LogP contribution in [0, 0.1) is 16.7 Å². The Labute approximate surface area is 123 Å². The Morgan fingerprint density at radius 1 is 1.19 bits per heavy atom. The molecule has 0 N–H and O–H groups in total. The molecule has 21 heavy (non-hydrogen) atoms. The highest BCUT2D eigenvalue weighted by molar-refractivity contribution is 5.84.